The molecule has 1 aromatic heterocycles. The maximum atomic E-state index is 11.2. The van der Waals surface area contributed by atoms with Gasteiger partial charge in [-0.1, -0.05) is 30.3 Å². The number of ether oxygens (including phenoxy) is 1. The van der Waals surface area contributed by atoms with Crippen LogP contribution >= 0.6 is 0 Å². The van der Waals surface area contributed by atoms with E-state index in [2.05, 4.69) is 41.4 Å². The molecule has 0 unspecified atom stereocenters. The number of aromatic nitrogens is 1. The molecule has 5 nitrogen and oxygen atoms in total. The highest BCUT2D eigenvalue weighted by molar-refractivity contribution is 5.57. The van der Waals surface area contributed by atoms with Crippen LogP contribution in [0.25, 0.3) is 11.3 Å². The Morgan fingerprint density at radius 2 is 1.88 bits per heavy atom. The molecular formula is C21H24N2O3. The monoisotopic (exact) mass is 352 g/mol. The second-order valence-corrected chi connectivity index (χ2v) is 6.61. The van der Waals surface area contributed by atoms with Gasteiger partial charge < -0.3 is 14.2 Å². The molecule has 136 valence electrons. The van der Waals surface area contributed by atoms with Crippen molar-refractivity contribution in [3.05, 3.63) is 70.5 Å². The fraction of sp³-hybridized carbons (Fsp3) is 0.286. The number of rotatable bonds is 7. The molecule has 0 bridgehead atoms. The van der Waals surface area contributed by atoms with Crippen molar-refractivity contribution < 1.29 is 9.26 Å². The van der Waals surface area contributed by atoms with Crippen molar-refractivity contribution in [1.29, 1.82) is 0 Å². The molecule has 0 aliphatic heterocycles. The lowest BCUT2D eigenvalue weighted by atomic mass is 10.1. The second kappa shape index (κ2) is 7.95. The van der Waals surface area contributed by atoms with Crippen LogP contribution in [0.5, 0.6) is 5.75 Å². The van der Waals surface area contributed by atoms with E-state index < -0.39 is 0 Å². The molecule has 0 atom stereocenters. The SMILES string of the molecule is CC(C)Oc1cccc(N(C)CCc2ccc(-c3cc(=O)[nH]o3)cc2)c1. The molecule has 26 heavy (non-hydrogen) atoms. The van der Waals surface area contributed by atoms with Crippen molar-refractivity contribution in [2.45, 2.75) is 26.4 Å². The number of hydrogen-bond acceptors (Lipinski definition) is 4. The molecule has 0 saturated carbocycles. The van der Waals surface area contributed by atoms with Crippen molar-refractivity contribution in [2.75, 3.05) is 18.5 Å². The topological polar surface area (TPSA) is 58.5 Å². The Hall–Kier alpha value is -2.95. The molecule has 0 saturated heterocycles. The standard InChI is InChI=1S/C21H24N2O3/c1-15(2)25-19-6-4-5-18(13-19)23(3)12-11-16-7-9-17(10-8-16)20-14-21(24)22-26-20/h4-10,13-15H,11-12H2,1-3H3,(H,22,24). The highest BCUT2D eigenvalue weighted by Crippen LogP contribution is 2.22. The Bertz CT molecular complexity index is 894. The maximum absolute atomic E-state index is 11.2. The first kappa shape index (κ1) is 17.9. The van der Waals surface area contributed by atoms with Gasteiger partial charge in [0, 0.05) is 30.9 Å². The molecule has 0 fully saturated rings. The van der Waals surface area contributed by atoms with E-state index in [0.29, 0.717) is 5.76 Å². The third-order valence-electron chi connectivity index (χ3n) is 4.13. The van der Waals surface area contributed by atoms with Crippen LogP contribution in [0.4, 0.5) is 5.69 Å². The van der Waals surface area contributed by atoms with Crippen molar-refractivity contribution in [1.82, 2.24) is 5.16 Å². The van der Waals surface area contributed by atoms with E-state index in [-0.39, 0.29) is 11.7 Å². The first-order chi connectivity index (χ1) is 12.5. The Kier molecular flexibility index (Phi) is 5.46. The van der Waals surface area contributed by atoms with Gasteiger partial charge >= 0.3 is 0 Å². The lowest BCUT2D eigenvalue weighted by Gasteiger charge is -2.20. The summed E-state index contributed by atoms with van der Waals surface area (Å²) < 4.78 is 10.9. The van der Waals surface area contributed by atoms with Crippen LogP contribution in [-0.2, 0) is 6.42 Å². The summed E-state index contributed by atoms with van der Waals surface area (Å²) in [7, 11) is 2.08. The molecule has 0 spiro atoms. The maximum Gasteiger partial charge on any atom is 0.280 e. The predicted octanol–water partition coefficient (Wildman–Crippen LogP) is 4.10. The van der Waals surface area contributed by atoms with Gasteiger partial charge in [-0.3, -0.25) is 4.79 Å². The van der Waals surface area contributed by atoms with Gasteiger partial charge in [0.15, 0.2) is 5.76 Å². The molecule has 0 aliphatic carbocycles. The number of nitrogens with one attached hydrogen (secondary N) is 1. The van der Waals surface area contributed by atoms with Crippen LogP contribution in [-0.4, -0.2) is 24.9 Å². The third-order valence-corrected chi connectivity index (χ3v) is 4.13. The largest absolute Gasteiger partial charge is 0.491 e. The minimum Gasteiger partial charge on any atom is -0.491 e. The van der Waals surface area contributed by atoms with Crippen LogP contribution in [0.15, 0.2) is 63.9 Å². The average molecular weight is 352 g/mol. The van der Waals surface area contributed by atoms with E-state index in [0.717, 1.165) is 30.0 Å². The molecule has 2 aromatic carbocycles. The zero-order valence-corrected chi connectivity index (χ0v) is 15.4. The zero-order chi connectivity index (χ0) is 18.5. The van der Waals surface area contributed by atoms with Gasteiger partial charge in [0.25, 0.3) is 5.56 Å². The number of benzene rings is 2. The quantitative estimate of drug-likeness (QED) is 0.695. The number of aromatic amines is 1. The summed E-state index contributed by atoms with van der Waals surface area (Å²) in [6.45, 7) is 4.95. The summed E-state index contributed by atoms with van der Waals surface area (Å²) in [5.74, 6) is 1.45. The summed E-state index contributed by atoms with van der Waals surface area (Å²) in [5.41, 5.74) is 3.02. The van der Waals surface area contributed by atoms with Gasteiger partial charge in [-0.25, -0.2) is 0 Å². The van der Waals surface area contributed by atoms with E-state index in [1.54, 1.807) is 0 Å². The molecule has 0 radical (unpaired) electrons. The van der Waals surface area contributed by atoms with Gasteiger partial charge in [0.1, 0.15) is 5.75 Å². The van der Waals surface area contributed by atoms with Crippen LogP contribution in [0, 0.1) is 0 Å². The highest BCUT2D eigenvalue weighted by Gasteiger charge is 2.06. The fourth-order valence-electron chi connectivity index (χ4n) is 2.75. The summed E-state index contributed by atoms with van der Waals surface area (Å²) in [6.07, 6.45) is 1.09. The van der Waals surface area contributed by atoms with Gasteiger partial charge in [-0.2, -0.15) is 5.16 Å². The lowest BCUT2D eigenvalue weighted by Crippen LogP contribution is -2.20. The summed E-state index contributed by atoms with van der Waals surface area (Å²) >= 11 is 0. The average Bonchev–Trinajstić information content (AvgIpc) is 3.06. The molecule has 1 N–H and O–H groups in total. The van der Waals surface area contributed by atoms with Gasteiger partial charge in [0.05, 0.1) is 12.2 Å². The van der Waals surface area contributed by atoms with E-state index in [9.17, 15) is 4.79 Å². The summed E-state index contributed by atoms with van der Waals surface area (Å²) in [6, 6.07) is 17.7. The Labute approximate surface area is 153 Å². The van der Waals surface area contributed by atoms with Gasteiger partial charge in [-0.05, 0) is 38.0 Å². The number of hydrogen-bond donors (Lipinski definition) is 1. The zero-order valence-electron chi connectivity index (χ0n) is 15.4. The number of likely N-dealkylation sites (N-methyl/N-ethyl adjacent to an activating group) is 1. The molecule has 1 heterocycles. The molecule has 0 aliphatic rings. The third kappa shape index (κ3) is 4.57. The van der Waals surface area contributed by atoms with E-state index >= 15 is 0 Å². The number of nitrogens with zero attached hydrogens (tertiary/aromatic N) is 1. The smallest absolute Gasteiger partial charge is 0.280 e. The Balaban J connectivity index is 1.60. The van der Waals surface area contributed by atoms with Crippen molar-refractivity contribution in [3.63, 3.8) is 0 Å². The normalized spacial score (nSPS) is 10.9. The minimum absolute atomic E-state index is 0.165. The highest BCUT2D eigenvalue weighted by atomic mass is 16.5. The van der Waals surface area contributed by atoms with E-state index in [1.807, 2.05) is 38.1 Å². The Morgan fingerprint density at radius 3 is 2.54 bits per heavy atom. The molecular weight excluding hydrogens is 328 g/mol. The summed E-state index contributed by atoms with van der Waals surface area (Å²) in [4.78, 5) is 13.4. The van der Waals surface area contributed by atoms with E-state index in [1.165, 1.54) is 11.6 Å². The summed E-state index contributed by atoms with van der Waals surface area (Å²) in [5, 5.41) is 2.31. The molecule has 3 rings (SSSR count). The van der Waals surface area contributed by atoms with Crippen LogP contribution in [0.1, 0.15) is 19.4 Å². The van der Waals surface area contributed by atoms with Crippen LogP contribution in [0.3, 0.4) is 0 Å². The van der Waals surface area contributed by atoms with Gasteiger partial charge in [0.2, 0.25) is 0 Å². The van der Waals surface area contributed by atoms with Crippen molar-refractivity contribution in [3.8, 4) is 17.1 Å². The minimum atomic E-state index is -0.227. The number of H-pyrrole nitrogens is 1. The number of anilines is 1. The van der Waals surface area contributed by atoms with Crippen LogP contribution < -0.4 is 15.2 Å². The fourth-order valence-corrected chi connectivity index (χ4v) is 2.75. The first-order valence-electron chi connectivity index (χ1n) is 8.77. The van der Waals surface area contributed by atoms with E-state index in [4.69, 9.17) is 9.26 Å². The van der Waals surface area contributed by atoms with Crippen molar-refractivity contribution in [2.24, 2.45) is 0 Å². The first-order valence-corrected chi connectivity index (χ1v) is 8.77. The lowest BCUT2D eigenvalue weighted by molar-refractivity contribution is 0.242. The molecule has 0 amide bonds. The second-order valence-electron chi connectivity index (χ2n) is 6.61. The predicted molar refractivity (Wildman–Crippen MR) is 104 cm³/mol. The Morgan fingerprint density at radius 1 is 1.12 bits per heavy atom. The molecule has 5 heteroatoms. The van der Waals surface area contributed by atoms with Crippen LogP contribution in [0.2, 0.25) is 0 Å². The van der Waals surface area contributed by atoms with Crippen molar-refractivity contribution >= 4 is 5.69 Å². The molecule has 3 aromatic rings. The van der Waals surface area contributed by atoms with Gasteiger partial charge in [-0.15, -0.1) is 0 Å².